The van der Waals surface area contributed by atoms with Crippen molar-refractivity contribution in [1.29, 1.82) is 0 Å². The minimum atomic E-state index is -1.65. The Morgan fingerprint density at radius 2 is 1.62 bits per heavy atom. The second-order valence-corrected chi connectivity index (χ2v) is 4.00. The number of para-hydroxylation sites is 2. The van der Waals surface area contributed by atoms with Gasteiger partial charge >= 0.3 is 6.03 Å². The van der Waals surface area contributed by atoms with Crippen molar-refractivity contribution in [2.75, 3.05) is 17.7 Å². The molecule has 0 saturated carbocycles. The number of urea groups is 1. The van der Waals surface area contributed by atoms with Gasteiger partial charge in [-0.3, -0.25) is 0 Å². The van der Waals surface area contributed by atoms with Gasteiger partial charge in [0.05, 0.1) is 18.5 Å². The molecule has 0 aliphatic heterocycles. The van der Waals surface area contributed by atoms with Gasteiger partial charge in [0.15, 0.2) is 17.5 Å². The van der Waals surface area contributed by atoms with E-state index in [0.29, 0.717) is 11.4 Å². The predicted octanol–water partition coefficient (Wildman–Crippen LogP) is 3.76. The van der Waals surface area contributed by atoms with Crippen LogP contribution in [0.1, 0.15) is 0 Å². The van der Waals surface area contributed by atoms with Crippen LogP contribution in [0.3, 0.4) is 0 Å². The zero-order valence-corrected chi connectivity index (χ0v) is 10.9. The minimum absolute atomic E-state index is 0.348. The van der Waals surface area contributed by atoms with Crippen LogP contribution in [0.4, 0.5) is 29.3 Å². The van der Waals surface area contributed by atoms with E-state index in [-0.39, 0.29) is 0 Å². The number of carbonyl (C=O) groups is 1. The van der Waals surface area contributed by atoms with Crippen LogP contribution >= 0.6 is 0 Å². The molecular weight excluding hydrogens is 285 g/mol. The summed E-state index contributed by atoms with van der Waals surface area (Å²) in [6, 6.07) is 7.39. The van der Waals surface area contributed by atoms with Crippen molar-refractivity contribution >= 4 is 17.4 Å². The van der Waals surface area contributed by atoms with Crippen molar-refractivity contribution in [3.63, 3.8) is 0 Å². The molecule has 2 rings (SSSR count). The Morgan fingerprint density at radius 1 is 0.952 bits per heavy atom. The third-order valence-corrected chi connectivity index (χ3v) is 2.64. The van der Waals surface area contributed by atoms with Crippen LogP contribution in [0.15, 0.2) is 36.4 Å². The molecule has 0 aliphatic rings. The Hall–Kier alpha value is -2.70. The number of ether oxygens (including phenoxy) is 1. The fourth-order valence-corrected chi connectivity index (χ4v) is 1.65. The molecule has 2 aromatic carbocycles. The lowest BCUT2D eigenvalue weighted by Crippen LogP contribution is -2.20. The normalized spacial score (nSPS) is 10.1. The number of halogens is 3. The van der Waals surface area contributed by atoms with Crippen LogP contribution < -0.4 is 15.4 Å². The van der Waals surface area contributed by atoms with E-state index in [9.17, 15) is 18.0 Å². The molecule has 110 valence electrons. The van der Waals surface area contributed by atoms with E-state index in [2.05, 4.69) is 10.6 Å². The molecule has 0 heterocycles. The maximum Gasteiger partial charge on any atom is 0.323 e. The zero-order valence-electron chi connectivity index (χ0n) is 10.9. The monoisotopic (exact) mass is 296 g/mol. The van der Waals surface area contributed by atoms with E-state index in [1.807, 2.05) is 0 Å². The van der Waals surface area contributed by atoms with E-state index in [1.54, 1.807) is 24.3 Å². The first-order valence-electron chi connectivity index (χ1n) is 5.87. The van der Waals surface area contributed by atoms with Crippen LogP contribution in [0, 0.1) is 17.5 Å². The van der Waals surface area contributed by atoms with Crippen LogP contribution in [0.5, 0.6) is 5.75 Å². The van der Waals surface area contributed by atoms with Gasteiger partial charge in [-0.2, -0.15) is 0 Å². The first kappa shape index (κ1) is 14.7. The first-order valence-corrected chi connectivity index (χ1v) is 5.87. The number of amides is 2. The molecule has 2 aromatic rings. The van der Waals surface area contributed by atoms with E-state index in [1.165, 1.54) is 7.11 Å². The number of methoxy groups -OCH3 is 1. The molecule has 0 atom stereocenters. The molecule has 0 bridgehead atoms. The lowest BCUT2D eigenvalue weighted by atomic mass is 10.2. The minimum Gasteiger partial charge on any atom is -0.495 e. The van der Waals surface area contributed by atoms with Gasteiger partial charge in [0, 0.05) is 0 Å². The lowest BCUT2D eigenvalue weighted by Gasteiger charge is -2.11. The van der Waals surface area contributed by atoms with Crippen molar-refractivity contribution in [3.8, 4) is 5.75 Å². The summed E-state index contributed by atoms with van der Waals surface area (Å²) in [6.07, 6.45) is 0. The molecule has 2 N–H and O–H groups in total. The number of anilines is 2. The summed E-state index contributed by atoms with van der Waals surface area (Å²) in [5, 5.41) is 4.50. The van der Waals surface area contributed by atoms with E-state index in [4.69, 9.17) is 4.74 Å². The first-order chi connectivity index (χ1) is 10.0. The van der Waals surface area contributed by atoms with Crippen molar-refractivity contribution in [2.45, 2.75) is 0 Å². The third-order valence-electron chi connectivity index (χ3n) is 2.64. The topological polar surface area (TPSA) is 50.4 Å². The number of benzene rings is 2. The smallest absolute Gasteiger partial charge is 0.323 e. The molecule has 4 nitrogen and oxygen atoms in total. The highest BCUT2D eigenvalue weighted by atomic mass is 19.2. The molecule has 0 saturated heterocycles. The Kier molecular flexibility index (Phi) is 4.32. The average molecular weight is 296 g/mol. The van der Waals surface area contributed by atoms with Gasteiger partial charge in [-0.05, 0) is 24.3 Å². The van der Waals surface area contributed by atoms with Crippen LogP contribution in [-0.2, 0) is 0 Å². The standard InChI is InChI=1S/C14H11F3N2O2/c1-21-11-5-3-2-4-9(11)18-14(20)19-10-7-6-8(15)12(16)13(10)17/h2-7H,1H3,(H2,18,19,20). The van der Waals surface area contributed by atoms with Crippen LogP contribution in [0.2, 0.25) is 0 Å². The van der Waals surface area contributed by atoms with Crippen LogP contribution in [0.25, 0.3) is 0 Å². The Morgan fingerprint density at radius 3 is 2.33 bits per heavy atom. The van der Waals surface area contributed by atoms with Crippen molar-refractivity contribution in [3.05, 3.63) is 53.8 Å². The molecule has 0 radical (unpaired) electrons. The van der Waals surface area contributed by atoms with Gasteiger partial charge in [-0.15, -0.1) is 0 Å². The number of nitrogens with one attached hydrogen (secondary N) is 2. The van der Waals surface area contributed by atoms with Crippen molar-refractivity contribution in [1.82, 2.24) is 0 Å². The molecule has 7 heteroatoms. The Balaban J connectivity index is 2.14. The summed E-state index contributed by atoms with van der Waals surface area (Å²) >= 11 is 0. The second kappa shape index (κ2) is 6.17. The highest BCUT2D eigenvalue weighted by molar-refractivity contribution is 6.00. The van der Waals surface area contributed by atoms with Gasteiger partial charge in [0.25, 0.3) is 0 Å². The van der Waals surface area contributed by atoms with Crippen molar-refractivity contribution < 1.29 is 22.7 Å². The molecular formula is C14H11F3N2O2. The number of carbonyl (C=O) groups excluding carboxylic acids is 1. The fourth-order valence-electron chi connectivity index (χ4n) is 1.65. The van der Waals surface area contributed by atoms with Gasteiger partial charge < -0.3 is 15.4 Å². The summed E-state index contributed by atoms with van der Waals surface area (Å²) < 4.78 is 44.3. The molecule has 0 unspecified atom stereocenters. The average Bonchev–Trinajstić information content (AvgIpc) is 2.48. The fraction of sp³-hybridized carbons (Fsp3) is 0.0714. The number of hydrogen-bond donors (Lipinski definition) is 2. The maximum atomic E-state index is 13.4. The maximum absolute atomic E-state index is 13.4. The highest BCUT2D eigenvalue weighted by Crippen LogP contribution is 2.24. The quantitative estimate of drug-likeness (QED) is 0.847. The molecule has 0 spiro atoms. The molecule has 2 amide bonds. The van der Waals surface area contributed by atoms with Crippen molar-refractivity contribution in [2.24, 2.45) is 0 Å². The zero-order chi connectivity index (χ0) is 15.4. The second-order valence-electron chi connectivity index (χ2n) is 4.00. The van der Waals surface area contributed by atoms with Gasteiger partial charge in [0.1, 0.15) is 5.75 Å². The summed E-state index contributed by atoms with van der Waals surface area (Å²) in [7, 11) is 1.42. The van der Waals surface area contributed by atoms with Gasteiger partial charge in [-0.1, -0.05) is 12.1 Å². The van der Waals surface area contributed by atoms with Gasteiger partial charge in [-0.25, -0.2) is 18.0 Å². The summed E-state index contributed by atoms with van der Waals surface area (Å²) in [6.45, 7) is 0. The molecule has 0 aromatic heterocycles. The van der Waals surface area contributed by atoms with Crippen LogP contribution in [-0.4, -0.2) is 13.1 Å². The SMILES string of the molecule is COc1ccccc1NC(=O)Nc1ccc(F)c(F)c1F. The van der Waals surface area contributed by atoms with E-state index < -0.39 is 29.2 Å². The Bertz CT molecular complexity index is 677. The Labute approximate surface area is 118 Å². The molecule has 21 heavy (non-hydrogen) atoms. The molecule has 0 fully saturated rings. The summed E-state index contributed by atoms with van der Waals surface area (Å²) in [5.74, 6) is -4.04. The highest BCUT2D eigenvalue weighted by Gasteiger charge is 2.15. The van der Waals surface area contributed by atoms with E-state index >= 15 is 0 Å². The third kappa shape index (κ3) is 3.25. The van der Waals surface area contributed by atoms with Gasteiger partial charge in [0.2, 0.25) is 0 Å². The largest absolute Gasteiger partial charge is 0.495 e. The predicted molar refractivity (Wildman–Crippen MR) is 72.0 cm³/mol. The lowest BCUT2D eigenvalue weighted by molar-refractivity contribution is 0.262. The summed E-state index contributed by atoms with van der Waals surface area (Å²) in [4.78, 5) is 11.7. The molecule has 0 aliphatic carbocycles. The van der Waals surface area contributed by atoms with E-state index in [0.717, 1.165) is 12.1 Å². The number of hydrogen-bond acceptors (Lipinski definition) is 2. The summed E-state index contributed by atoms with van der Waals surface area (Å²) in [5.41, 5.74) is -0.123. The number of rotatable bonds is 3.